The Kier molecular flexibility index (Phi) is 4.87. The molecule has 2 saturated heterocycles. The number of anilines is 1. The van der Waals surface area contributed by atoms with E-state index in [4.69, 9.17) is 4.98 Å². The number of piperazine rings is 1. The number of rotatable bonds is 4. The lowest BCUT2D eigenvalue weighted by Gasteiger charge is -2.48. The van der Waals surface area contributed by atoms with Crippen LogP contribution < -0.4 is 10.5 Å². The summed E-state index contributed by atoms with van der Waals surface area (Å²) in [7, 11) is 1.83. The highest BCUT2D eigenvalue weighted by atomic mass is 16.1. The molecule has 30 heavy (non-hydrogen) atoms. The highest BCUT2D eigenvalue weighted by Gasteiger charge is 2.45. The molecule has 0 amide bonds. The lowest BCUT2D eigenvalue weighted by Crippen LogP contribution is -2.61. The van der Waals surface area contributed by atoms with Crippen LogP contribution in [0.2, 0.25) is 0 Å². The zero-order valence-electron chi connectivity index (χ0n) is 17.4. The molecule has 0 spiro atoms. The van der Waals surface area contributed by atoms with Gasteiger partial charge in [-0.3, -0.25) is 19.2 Å². The maximum atomic E-state index is 12.7. The van der Waals surface area contributed by atoms with E-state index in [0.29, 0.717) is 5.69 Å². The first-order valence-corrected chi connectivity index (χ1v) is 10.7. The van der Waals surface area contributed by atoms with E-state index in [1.165, 1.54) is 18.4 Å². The zero-order valence-corrected chi connectivity index (χ0v) is 17.4. The first-order valence-electron chi connectivity index (χ1n) is 10.7. The van der Waals surface area contributed by atoms with Crippen LogP contribution in [0.1, 0.15) is 18.4 Å². The largest absolute Gasteiger partial charge is 0.339 e. The van der Waals surface area contributed by atoms with Crippen LogP contribution in [-0.2, 0) is 13.5 Å². The Morgan fingerprint density at radius 2 is 1.83 bits per heavy atom. The molecule has 2 fully saturated rings. The predicted octanol–water partition coefficient (Wildman–Crippen LogP) is 2.74. The first kappa shape index (κ1) is 19.0. The van der Waals surface area contributed by atoms with Gasteiger partial charge in [-0.15, -0.1) is 0 Å². The summed E-state index contributed by atoms with van der Waals surface area (Å²) in [6.07, 6.45) is 6.91. The van der Waals surface area contributed by atoms with Crippen LogP contribution in [0.25, 0.3) is 11.3 Å². The maximum absolute atomic E-state index is 12.7. The van der Waals surface area contributed by atoms with Crippen molar-refractivity contribution in [1.29, 1.82) is 0 Å². The summed E-state index contributed by atoms with van der Waals surface area (Å²) in [5.41, 5.74) is 3.07. The fraction of sp³-hybridized carbons (Fsp3) is 0.375. The molecule has 4 heterocycles. The summed E-state index contributed by atoms with van der Waals surface area (Å²) < 4.78 is 1.69. The van der Waals surface area contributed by atoms with Crippen molar-refractivity contribution < 1.29 is 0 Å². The van der Waals surface area contributed by atoms with Crippen LogP contribution in [0.5, 0.6) is 0 Å². The minimum atomic E-state index is -0.0298. The van der Waals surface area contributed by atoms with Gasteiger partial charge in [0.15, 0.2) is 0 Å². The molecule has 6 nitrogen and oxygen atoms in total. The fourth-order valence-corrected chi connectivity index (χ4v) is 5.08. The smallest absolute Gasteiger partial charge is 0.255 e. The molecule has 0 bridgehead atoms. The summed E-state index contributed by atoms with van der Waals surface area (Å²) >= 11 is 0. The molecule has 5 rings (SSSR count). The Bertz CT molecular complexity index is 1080. The van der Waals surface area contributed by atoms with Gasteiger partial charge in [-0.25, -0.2) is 4.98 Å². The van der Waals surface area contributed by atoms with Crippen molar-refractivity contribution in [3.8, 4) is 11.3 Å². The number of pyridine rings is 1. The Balaban J connectivity index is 1.50. The predicted molar refractivity (Wildman–Crippen MR) is 119 cm³/mol. The van der Waals surface area contributed by atoms with E-state index < -0.39 is 0 Å². The van der Waals surface area contributed by atoms with Gasteiger partial charge in [0.2, 0.25) is 5.95 Å². The Morgan fingerprint density at radius 3 is 2.63 bits per heavy atom. The van der Waals surface area contributed by atoms with E-state index in [1.54, 1.807) is 23.0 Å². The molecular weight excluding hydrogens is 374 g/mol. The molecule has 1 unspecified atom stereocenters. The van der Waals surface area contributed by atoms with E-state index in [-0.39, 0.29) is 11.1 Å². The van der Waals surface area contributed by atoms with Crippen LogP contribution in [-0.4, -0.2) is 51.2 Å². The lowest BCUT2D eigenvalue weighted by atomic mass is 9.86. The number of fused-ring (bicyclic) bond motifs is 1. The van der Waals surface area contributed by atoms with E-state index in [2.05, 4.69) is 45.1 Å². The zero-order chi connectivity index (χ0) is 20.6. The van der Waals surface area contributed by atoms with Crippen molar-refractivity contribution in [2.75, 3.05) is 31.1 Å². The SMILES string of the molecule is Cn1c(N2CCN3CCCC3(Cc3ccccc3)C2)nc(-c2ccncc2)cc1=O. The summed E-state index contributed by atoms with van der Waals surface area (Å²) in [6, 6.07) is 16.2. The van der Waals surface area contributed by atoms with Gasteiger partial charge < -0.3 is 4.90 Å². The van der Waals surface area contributed by atoms with Crippen molar-refractivity contribution in [2.45, 2.75) is 24.8 Å². The third-order valence-electron chi connectivity index (χ3n) is 6.61. The normalized spacial score (nSPS) is 21.6. The average molecular weight is 402 g/mol. The molecule has 6 heteroatoms. The van der Waals surface area contributed by atoms with Crippen LogP contribution in [0.3, 0.4) is 0 Å². The Labute approximate surface area is 176 Å². The van der Waals surface area contributed by atoms with E-state index in [1.807, 2.05) is 19.2 Å². The van der Waals surface area contributed by atoms with Gasteiger partial charge in [-0.1, -0.05) is 30.3 Å². The van der Waals surface area contributed by atoms with Crippen molar-refractivity contribution in [2.24, 2.45) is 7.05 Å². The highest BCUT2D eigenvalue weighted by molar-refractivity contribution is 5.59. The van der Waals surface area contributed by atoms with Crippen molar-refractivity contribution >= 4 is 5.95 Å². The molecule has 0 radical (unpaired) electrons. The molecule has 1 atom stereocenters. The van der Waals surface area contributed by atoms with Crippen LogP contribution in [0, 0.1) is 0 Å². The van der Waals surface area contributed by atoms with Crippen molar-refractivity contribution in [3.63, 3.8) is 0 Å². The number of hydrogen-bond acceptors (Lipinski definition) is 5. The first-order chi connectivity index (χ1) is 14.6. The molecule has 2 aromatic heterocycles. The van der Waals surface area contributed by atoms with Gasteiger partial charge in [0.25, 0.3) is 5.56 Å². The van der Waals surface area contributed by atoms with Crippen molar-refractivity contribution in [3.05, 3.63) is 76.8 Å². The molecule has 2 aliphatic rings. The molecular formula is C24H27N5O. The number of nitrogens with zero attached hydrogens (tertiary/aromatic N) is 5. The van der Waals surface area contributed by atoms with Crippen LogP contribution in [0.4, 0.5) is 5.95 Å². The number of hydrogen-bond donors (Lipinski definition) is 0. The summed E-state index contributed by atoms with van der Waals surface area (Å²) in [4.78, 5) is 26.7. The second kappa shape index (κ2) is 7.69. The molecule has 1 aromatic carbocycles. The number of aromatic nitrogens is 3. The Morgan fingerprint density at radius 1 is 1.03 bits per heavy atom. The molecule has 0 aliphatic carbocycles. The monoisotopic (exact) mass is 401 g/mol. The van der Waals surface area contributed by atoms with E-state index in [0.717, 1.165) is 44.1 Å². The minimum absolute atomic E-state index is 0.0298. The van der Waals surface area contributed by atoms with Gasteiger partial charge in [-0.2, -0.15) is 0 Å². The molecule has 3 aromatic rings. The third-order valence-corrected chi connectivity index (χ3v) is 6.61. The standard InChI is InChI=1S/C24H27N5O/c1-27-22(30)16-21(20-8-11-25-12-9-20)26-23(27)28-14-15-29-13-5-10-24(29,18-28)17-19-6-3-2-4-7-19/h2-4,6-9,11-12,16H,5,10,13-15,17-18H2,1H3. The third kappa shape index (κ3) is 3.41. The minimum Gasteiger partial charge on any atom is -0.339 e. The highest BCUT2D eigenvalue weighted by Crippen LogP contribution is 2.37. The molecule has 2 aliphatic heterocycles. The van der Waals surface area contributed by atoms with Crippen molar-refractivity contribution in [1.82, 2.24) is 19.4 Å². The average Bonchev–Trinajstić information content (AvgIpc) is 3.19. The summed E-state index contributed by atoms with van der Waals surface area (Å²) in [6.45, 7) is 3.94. The second-order valence-electron chi connectivity index (χ2n) is 8.47. The van der Waals surface area contributed by atoms with Gasteiger partial charge >= 0.3 is 0 Å². The van der Waals surface area contributed by atoms with Crippen LogP contribution in [0.15, 0.2) is 65.7 Å². The quantitative estimate of drug-likeness (QED) is 0.673. The summed E-state index contributed by atoms with van der Waals surface area (Å²) in [5.74, 6) is 0.758. The topological polar surface area (TPSA) is 54.3 Å². The molecule has 154 valence electrons. The summed E-state index contributed by atoms with van der Waals surface area (Å²) in [5, 5.41) is 0. The second-order valence-corrected chi connectivity index (χ2v) is 8.47. The fourth-order valence-electron chi connectivity index (χ4n) is 5.08. The molecule has 0 N–H and O–H groups in total. The van der Waals surface area contributed by atoms with Crippen LogP contribution >= 0.6 is 0 Å². The van der Waals surface area contributed by atoms with E-state index in [9.17, 15) is 4.79 Å². The van der Waals surface area contributed by atoms with Gasteiger partial charge in [0, 0.05) is 56.2 Å². The van der Waals surface area contributed by atoms with Gasteiger partial charge in [0.05, 0.1) is 5.69 Å². The van der Waals surface area contributed by atoms with Gasteiger partial charge in [0.1, 0.15) is 0 Å². The maximum Gasteiger partial charge on any atom is 0.255 e. The lowest BCUT2D eigenvalue weighted by molar-refractivity contribution is 0.119. The Hall–Kier alpha value is -2.99. The molecule has 0 saturated carbocycles. The number of benzene rings is 1. The van der Waals surface area contributed by atoms with E-state index >= 15 is 0 Å². The van der Waals surface area contributed by atoms with Gasteiger partial charge in [-0.05, 0) is 43.5 Å².